The van der Waals surface area contributed by atoms with E-state index < -0.39 is 11.7 Å². The normalized spacial score (nSPS) is 23.6. The summed E-state index contributed by atoms with van der Waals surface area (Å²) in [6, 6.07) is 1.86. The number of hydrogen-bond donors (Lipinski definition) is 1. The summed E-state index contributed by atoms with van der Waals surface area (Å²) in [7, 11) is 3.27. The predicted molar refractivity (Wildman–Crippen MR) is 87.6 cm³/mol. The number of hydrogen-bond acceptors (Lipinski definition) is 5. The lowest BCUT2D eigenvalue weighted by molar-refractivity contribution is -0.118. The summed E-state index contributed by atoms with van der Waals surface area (Å²) in [5.41, 5.74) is 2.52. The van der Waals surface area contributed by atoms with Crippen molar-refractivity contribution in [1.29, 1.82) is 0 Å². The lowest BCUT2D eigenvalue weighted by Crippen LogP contribution is -2.46. The molecule has 2 aromatic heterocycles. The van der Waals surface area contributed by atoms with Crippen molar-refractivity contribution in [1.82, 2.24) is 4.98 Å². The molecule has 0 fully saturated rings. The van der Waals surface area contributed by atoms with Crippen LogP contribution in [0.1, 0.15) is 37.9 Å². The van der Waals surface area contributed by atoms with Crippen LogP contribution in [0, 0.1) is 0 Å². The number of ether oxygens (including phenoxy) is 2. The molecule has 2 heterocycles. The van der Waals surface area contributed by atoms with Crippen LogP contribution in [0.2, 0.25) is 0 Å². The van der Waals surface area contributed by atoms with Crippen LogP contribution >= 0.6 is 0 Å². The quantitative estimate of drug-likeness (QED) is 0.876. The van der Waals surface area contributed by atoms with E-state index in [1.807, 2.05) is 19.9 Å². The highest BCUT2D eigenvalue weighted by Gasteiger charge is 2.46. The first-order valence-electron chi connectivity index (χ1n) is 7.84. The van der Waals surface area contributed by atoms with Crippen molar-refractivity contribution in [3.63, 3.8) is 0 Å². The topological polar surface area (TPSA) is 64.7 Å². The summed E-state index contributed by atoms with van der Waals surface area (Å²) < 4.78 is 17.0. The zero-order valence-corrected chi connectivity index (χ0v) is 14.0. The molecular formula is C18H23NO4. The molecular weight excluding hydrogens is 294 g/mol. The van der Waals surface area contributed by atoms with E-state index in [4.69, 9.17) is 13.9 Å². The lowest BCUT2D eigenvalue weighted by Gasteiger charge is -2.40. The Hall–Kier alpha value is -1.85. The Kier molecular flexibility index (Phi) is 4.17. The number of aliphatic hydroxyl groups is 1. The third-order valence-electron chi connectivity index (χ3n) is 4.65. The van der Waals surface area contributed by atoms with E-state index in [1.165, 1.54) is 5.57 Å². The van der Waals surface area contributed by atoms with Crippen molar-refractivity contribution in [2.75, 3.05) is 14.2 Å². The van der Waals surface area contributed by atoms with E-state index in [0.717, 1.165) is 22.4 Å². The molecule has 1 aliphatic carbocycles. The molecule has 0 aliphatic heterocycles. The fourth-order valence-corrected chi connectivity index (χ4v) is 3.39. The number of allylic oxidation sites excluding steroid dienone is 1. The summed E-state index contributed by atoms with van der Waals surface area (Å²) in [5.74, 6) is 0.768. The maximum absolute atomic E-state index is 10.7. The van der Waals surface area contributed by atoms with E-state index >= 15 is 0 Å². The van der Waals surface area contributed by atoms with E-state index in [1.54, 1.807) is 20.5 Å². The SMILES string of the molecule is COc1c2c(nc3occc13)[C@@](CC=C(C)C)(OC)[C@H](O)CC2. The number of methoxy groups -OCH3 is 2. The van der Waals surface area contributed by atoms with Gasteiger partial charge in [-0.1, -0.05) is 11.6 Å². The molecule has 1 aliphatic rings. The third-order valence-corrected chi connectivity index (χ3v) is 4.65. The highest BCUT2D eigenvalue weighted by molar-refractivity contribution is 5.83. The summed E-state index contributed by atoms with van der Waals surface area (Å²) >= 11 is 0. The molecule has 0 saturated heterocycles. The zero-order valence-electron chi connectivity index (χ0n) is 14.0. The maximum atomic E-state index is 10.7. The molecule has 0 spiro atoms. The van der Waals surface area contributed by atoms with Gasteiger partial charge in [-0.2, -0.15) is 0 Å². The minimum absolute atomic E-state index is 0.508. The van der Waals surface area contributed by atoms with Gasteiger partial charge in [0.25, 0.3) is 0 Å². The summed E-state index contributed by atoms with van der Waals surface area (Å²) in [4.78, 5) is 4.68. The molecule has 2 aromatic rings. The van der Waals surface area contributed by atoms with Crippen LogP contribution in [-0.2, 0) is 16.8 Å². The van der Waals surface area contributed by atoms with E-state index in [0.29, 0.717) is 25.0 Å². The molecule has 0 amide bonds. The van der Waals surface area contributed by atoms with Crippen LogP contribution in [0.5, 0.6) is 5.75 Å². The van der Waals surface area contributed by atoms with Crippen LogP contribution in [0.4, 0.5) is 0 Å². The van der Waals surface area contributed by atoms with E-state index in [-0.39, 0.29) is 0 Å². The Morgan fingerprint density at radius 3 is 2.91 bits per heavy atom. The van der Waals surface area contributed by atoms with Crippen molar-refractivity contribution in [2.24, 2.45) is 0 Å². The number of rotatable bonds is 4. The van der Waals surface area contributed by atoms with Gasteiger partial charge in [-0.05, 0) is 32.8 Å². The van der Waals surface area contributed by atoms with Crippen LogP contribution < -0.4 is 4.74 Å². The van der Waals surface area contributed by atoms with Gasteiger partial charge in [0, 0.05) is 19.1 Å². The predicted octanol–water partition coefficient (Wildman–Crippen LogP) is 3.34. The van der Waals surface area contributed by atoms with Gasteiger partial charge in [0.2, 0.25) is 5.71 Å². The van der Waals surface area contributed by atoms with Gasteiger partial charge in [-0.15, -0.1) is 0 Å². The number of aliphatic hydroxyl groups excluding tert-OH is 1. The molecule has 3 rings (SSSR count). The Morgan fingerprint density at radius 1 is 1.48 bits per heavy atom. The number of furan rings is 1. The summed E-state index contributed by atoms with van der Waals surface area (Å²) in [5, 5.41) is 11.6. The summed E-state index contributed by atoms with van der Waals surface area (Å²) in [6.45, 7) is 4.06. The van der Waals surface area contributed by atoms with Crippen LogP contribution in [0.25, 0.3) is 11.1 Å². The van der Waals surface area contributed by atoms with Gasteiger partial charge < -0.3 is 19.0 Å². The highest BCUT2D eigenvalue weighted by Crippen LogP contribution is 2.45. The van der Waals surface area contributed by atoms with Crippen molar-refractivity contribution >= 4 is 11.1 Å². The molecule has 0 aromatic carbocycles. The highest BCUT2D eigenvalue weighted by atomic mass is 16.5. The minimum atomic E-state index is -0.876. The lowest BCUT2D eigenvalue weighted by atomic mass is 9.77. The zero-order chi connectivity index (χ0) is 16.6. The van der Waals surface area contributed by atoms with Gasteiger partial charge in [-0.3, -0.25) is 0 Å². The van der Waals surface area contributed by atoms with Crippen LogP contribution in [-0.4, -0.2) is 30.4 Å². The molecule has 2 atom stereocenters. The van der Waals surface area contributed by atoms with Gasteiger partial charge in [-0.25, -0.2) is 4.98 Å². The fraction of sp³-hybridized carbons (Fsp3) is 0.500. The average Bonchev–Trinajstić information content (AvgIpc) is 3.00. The second kappa shape index (κ2) is 5.98. The second-order valence-electron chi connectivity index (χ2n) is 6.25. The molecule has 5 nitrogen and oxygen atoms in total. The minimum Gasteiger partial charge on any atom is -0.496 e. The first kappa shape index (κ1) is 16.0. The van der Waals surface area contributed by atoms with Gasteiger partial charge in [0.15, 0.2) is 0 Å². The third kappa shape index (κ3) is 2.44. The molecule has 1 N–H and O–H groups in total. The van der Waals surface area contributed by atoms with Crippen molar-refractivity contribution < 1.29 is 19.0 Å². The Bertz CT molecular complexity index is 745. The average molecular weight is 317 g/mol. The monoisotopic (exact) mass is 317 g/mol. The maximum Gasteiger partial charge on any atom is 0.229 e. The van der Waals surface area contributed by atoms with Crippen molar-refractivity contribution in [3.05, 3.63) is 35.2 Å². The fourth-order valence-electron chi connectivity index (χ4n) is 3.39. The molecule has 0 saturated carbocycles. The largest absolute Gasteiger partial charge is 0.496 e. The van der Waals surface area contributed by atoms with Crippen LogP contribution in [0.15, 0.2) is 28.4 Å². The Morgan fingerprint density at radius 2 is 2.26 bits per heavy atom. The first-order valence-corrected chi connectivity index (χ1v) is 7.84. The van der Waals surface area contributed by atoms with Gasteiger partial charge in [0.05, 0.1) is 30.6 Å². The second-order valence-corrected chi connectivity index (χ2v) is 6.25. The summed E-state index contributed by atoms with van der Waals surface area (Å²) in [6.07, 6.45) is 4.92. The molecule has 5 heteroatoms. The number of nitrogens with zero attached hydrogens (tertiary/aromatic N) is 1. The van der Waals surface area contributed by atoms with E-state index in [9.17, 15) is 5.11 Å². The Labute approximate surface area is 135 Å². The molecule has 124 valence electrons. The standard InChI is InChI=1S/C18H23NO4/c1-11(2)7-9-18(22-4)14(20)6-5-12-15(21-3)13-8-10-23-17(13)19-16(12)18/h7-8,10,14,20H,5-6,9H2,1-4H3/t14-,18+/m1/s1. The van der Waals surface area contributed by atoms with Gasteiger partial charge >= 0.3 is 0 Å². The molecule has 23 heavy (non-hydrogen) atoms. The number of pyridine rings is 1. The molecule has 0 radical (unpaired) electrons. The van der Waals surface area contributed by atoms with Crippen molar-refractivity contribution in [3.8, 4) is 5.75 Å². The van der Waals surface area contributed by atoms with E-state index in [2.05, 4.69) is 11.1 Å². The first-order chi connectivity index (χ1) is 11.0. The smallest absolute Gasteiger partial charge is 0.229 e. The Balaban J connectivity index is 2.26. The molecule has 0 unspecified atom stereocenters. The van der Waals surface area contributed by atoms with Crippen LogP contribution in [0.3, 0.4) is 0 Å². The molecule has 0 bridgehead atoms. The van der Waals surface area contributed by atoms with Crippen molar-refractivity contribution in [2.45, 2.75) is 44.8 Å². The number of fused-ring (bicyclic) bond motifs is 2. The number of aromatic nitrogens is 1. The van der Waals surface area contributed by atoms with Gasteiger partial charge in [0.1, 0.15) is 11.4 Å².